The minimum Gasteiger partial charge on any atom is -0.595 e. The first-order chi connectivity index (χ1) is 37.1. The Morgan fingerprint density at radius 3 is 1.13 bits per heavy atom. The van der Waals surface area contributed by atoms with E-state index < -0.39 is 10.5 Å². The smallest absolute Gasteiger partial charge is 0.163 e. The number of alkyl halides is 1. The molecule has 6 N–H and O–H groups in total. The van der Waals surface area contributed by atoms with Crippen LogP contribution in [-0.4, -0.2) is 50.8 Å². The molecule has 0 aliphatic carbocycles. The van der Waals surface area contributed by atoms with Crippen molar-refractivity contribution >= 4 is 110 Å². The van der Waals surface area contributed by atoms with Crippen molar-refractivity contribution in [3.05, 3.63) is 237 Å². The Labute approximate surface area is 490 Å². The molecule has 0 radical (unpaired) electrons. The zero-order valence-corrected chi connectivity index (χ0v) is 48.8. The van der Waals surface area contributed by atoms with E-state index in [1.807, 2.05) is 176 Å². The third-order valence-electron chi connectivity index (χ3n) is 12.2. The van der Waals surface area contributed by atoms with Gasteiger partial charge in [0.2, 0.25) is 0 Å². The van der Waals surface area contributed by atoms with Crippen molar-refractivity contribution in [3.63, 3.8) is 0 Å². The maximum atomic E-state index is 11.0. The topological polar surface area (TPSA) is 156 Å². The first-order valence-electron chi connectivity index (χ1n) is 23.8. The summed E-state index contributed by atoms with van der Waals surface area (Å²) in [5.41, 5.74) is 19.1. The molecule has 17 heteroatoms. The highest BCUT2D eigenvalue weighted by Gasteiger charge is 2.15. The highest BCUT2D eigenvalue weighted by molar-refractivity contribution is 14.1. The molecule has 2 unspecified atom stereocenters. The number of anilines is 5. The molecule has 0 saturated heterocycles. The van der Waals surface area contributed by atoms with Crippen LogP contribution in [0.25, 0.3) is 33.4 Å². The van der Waals surface area contributed by atoms with E-state index >= 15 is 0 Å². The zero-order valence-electron chi connectivity index (χ0n) is 43.6. The molecule has 0 aromatic heterocycles. The van der Waals surface area contributed by atoms with Gasteiger partial charge in [-0.05, 0) is 160 Å². The molecule has 0 aliphatic rings. The molecule has 0 heterocycles. The van der Waals surface area contributed by atoms with Gasteiger partial charge in [0.1, 0.15) is 17.2 Å². The molecule has 9 rings (SSSR count). The molecule has 406 valence electrons. The van der Waals surface area contributed by atoms with E-state index in [0.29, 0.717) is 21.5 Å². The highest BCUT2D eigenvalue weighted by atomic mass is 127. The third kappa shape index (κ3) is 17.0. The number of benzene rings is 9. The van der Waals surface area contributed by atoms with Crippen LogP contribution < -0.4 is 40.2 Å². The van der Waals surface area contributed by atoms with Crippen LogP contribution in [0, 0.1) is 10.4 Å². The first-order valence-corrected chi connectivity index (χ1v) is 27.1. The van der Waals surface area contributed by atoms with Crippen LogP contribution in [0.15, 0.2) is 200 Å². The minimum absolute atomic E-state index is 0. The number of ether oxygens (including phenoxy) is 3. The fourth-order valence-corrected chi connectivity index (χ4v) is 8.71. The Hall–Kier alpha value is -6.57. The summed E-state index contributed by atoms with van der Waals surface area (Å²) in [4.78, 5) is 6.06. The Kier molecular flexibility index (Phi) is 24.4. The van der Waals surface area contributed by atoms with Gasteiger partial charge in [0, 0.05) is 98.6 Å². The Balaban J connectivity index is 0.000000211. The Morgan fingerprint density at radius 1 is 0.449 bits per heavy atom. The predicted octanol–water partition coefficient (Wildman–Crippen LogP) is 15.0. The summed E-state index contributed by atoms with van der Waals surface area (Å²) < 4.78 is 16.5. The fraction of sp³-hybridized carbons (Fsp3) is 0.115. The van der Waals surface area contributed by atoms with Gasteiger partial charge in [-0.1, -0.05) is 112 Å². The summed E-state index contributed by atoms with van der Waals surface area (Å²) in [6.45, 7) is 0. The van der Waals surface area contributed by atoms with Crippen molar-refractivity contribution in [3.8, 4) is 50.6 Å². The maximum absolute atomic E-state index is 11.0. The second kappa shape index (κ2) is 30.5. The van der Waals surface area contributed by atoms with Crippen LogP contribution in [0.5, 0.6) is 17.2 Å². The van der Waals surface area contributed by atoms with Gasteiger partial charge in [-0.15, -0.1) is 12.4 Å². The number of nitrogens with one attached hydrogen (secondary N) is 2. The molecule has 0 spiro atoms. The SMILES string of the molecule is CI.COc1ccc(Cc2ccc([NH+]([O-])O)cc2)cc1-c1cccc(Cl)c1.COc1ccc(N(C)c2ccc(N)cc2)cc1-c1cccc(Cl)c1.COc1ccc(N(C)c2ccc([NH+]([O-])O)cc2)cc1-c1cccc(Cl)c1.Cl. The van der Waals surface area contributed by atoms with Crippen LogP contribution in [0.1, 0.15) is 11.1 Å². The molecule has 78 heavy (non-hydrogen) atoms. The number of halogens is 5. The predicted molar refractivity (Wildman–Crippen MR) is 332 cm³/mol. The van der Waals surface area contributed by atoms with Gasteiger partial charge in [0.15, 0.2) is 11.4 Å². The first kappa shape index (κ1) is 62.3. The number of nitrogens with two attached hydrogens (primary N) is 1. The normalized spacial score (nSPS) is 11.1. The van der Waals surface area contributed by atoms with Crippen LogP contribution in [-0.2, 0) is 6.42 Å². The van der Waals surface area contributed by atoms with Gasteiger partial charge in [0.05, 0.1) is 21.3 Å². The van der Waals surface area contributed by atoms with Gasteiger partial charge < -0.3 is 40.2 Å². The molecule has 2 atom stereocenters. The van der Waals surface area contributed by atoms with E-state index in [1.165, 1.54) is 0 Å². The quantitative estimate of drug-likeness (QED) is 0.0307. The van der Waals surface area contributed by atoms with Gasteiger partial charge in [-0.3, -0.25) is 0 Å². The van der Waals surface area contributed by atoms with Crippen molar-refractivity contribution in [2.75, 3.05) is 55.9 Å². The second-order valence-electron chi connectivity index (χ2n) is 17.1. The molecule has 0 amide bonds. The van der Waals surface area contributed by atoms with Crippen LogP contribution in [0.4, 0.5) is 39.8 Å². The maximum Gasteiger partial charge on any atom is 0.163 e. The summed E-state index contributed by atoms with van der Waals surface area (Å²) >= 11 is 20.5. The van der Waals surface area contributed by atoms with Crippen LogP contribution in [0.3, 0.4) is 0 Å². The van der Waals surface area contributed by atoms with Gasteiger partial charge >= 0.3 is 0 Å². The largest absolute Gasteiger partial charge is 0.595 e. The average molecular weight is 1240 g/mol. The van der Waals surface area contributed by atoms with E-state index in [1.54, 1.807) is 57.7 Å². The monoisotopic (exact) mass is 1240 g/mol. The number of hydrogen-bond acceptors (Lipinski definition) is 10. The lowest BCUT2D eigenvalue weighted by atomic mass is 9.98. The minimum atomic E-state index is -0.938. The van der Waals surface area contributed by atoms with Crippen molar-refractivity contribution in [2.45, 2.75) is 6.42 Å². The number of rotatable bonds is 14. The van der Waals surface area contributed by atoms with Gasteiger partial charge in [0.25, 0.3) is 0 Å². The zero-order chi connectivity index (χ0) is 55.6. The third-order valence-corrected chi connectivity index (χ3v) is 12.9. The summed E-state index contributed by atoms with van der Waals surface area (Å²) in [5.74, 6) is 2.35. The van der Waals surface area contributed by atoms with Crippen LogP contribution >= 0.6 is 69.8 Å². The standard InChI is InChI=1S/C20H19ClN2O3.C20H19ClN2O.C20H18ClNO3.CH3I.ClH/c1-22(16-6-8-17(9-7-16)23(24)25)18-10-11-20(26-2)19(13-18)14-4-3-5-15(21)12-14;1-23(17-8-6-16(22)7-9-17)18-10-11-20(24-2)19(13-18)14-4-3-5-15(21)12-14;1-25-20-10-7-15(11-14-5-8-18(9-6-14)22(23)24)12-19(20)16-3-2-4-17(21)13-16;1-2;/h3-13,23-24H,1-2H3;3-13H,22H2,1-2H3;2-10,12-13,22-23H,11H2,1H3;1H3;1H. The second-order valence-corrected chi connectivity index (χ2v) is 18.4. The van der Waals surface area contributed by atoms with E-state index in [9.17, 15) is 10.4 Å². The lowest BCUT2D eigenvalue weighted by molar-refractivity contribution is -0.991. The van der Waals surface area contributed by atoms with E-state index in [2.05, 4.69) is 39.6 Å². The number of quaternary nitrogens is 2. The average Bonchev–Trinajstić information content (AvgIpc) is 3.47. The summed E-state index contributed by atoms with van der Waals surface area (Å²) in [6, 6.07) is 62.5. The van der Waals surface area contributed by atoms with E-state index in [4.69, 9.17) is 65.2 Å². The Morgan fingerprint density at radius 2 is 0.769 bits per heavy atom. The van der Waals surface area contributed by atoms with Crippen molar-refractivity contribution in [1.29, 1.82) is 0 Å². The molecule has 12 nitrogen and oxygen atoms in total. The Bertz CT molecular complexity index is 3320. The molecule has 0 fully saturated rings. The lowest BCUT2D eigenvalue weighted by Gasteiger charge is -2.22. The summed E-state index contributed by atoms with van der Waals surface area (Å²) in [6.07, 6.45) is 0.706. The van der Waals surface area contributed by atoms with Crippen LogP contribution in [0.2, 0.25) is 15.1 Å². The molecular formula is C61H60Cl4IN5O7. The molecule has 0 bridgehead atoms. The van der Waals surface area contributed by atoms with E-state index in [-0.39, 0.29) is 23.8 Å². The highest BCUT2D eigenvalue weighted by Crippen LogP contribution is 2.39. The van der Waals surface area contributed by atoms with Gasteiger partial charge in [-0.25, -0.2) is 10.4 Å². The fourth-order valence-electron chi connectivity index (χ4n) is 8.14. The lowest BCUT2D eigenvalue weighted by Crippen LogP contribution is -2.99. The molecule has 0 aliphatic heterocycles. The molecule has 0 saturated carbocycles. The van der Waals surface area contributed by atoms with E-state index in [0.717, 1.165) is 90.2 Å². The molecule has 9 aromatic carbocycles. The summed E-state index contributed by atoms with van der Waals surface area (Å²) in [5, 5.41) is 40.2. The number of nitrogen functional groups attached to an aromatic ring is 1. The van der Waals surface area contributed by atoms with Crippen molar-refractivity contribution in [2.24, 2.45) is 0 Å². The van der Waals surface area contributed by atoms with Gasteiger partial charge in [-0.2, -0.15) is 10.5 Å². The molecular weight excluding hydrogens is 1180 g/mol. The number of methoxy groups -OCH3 is 3. The molecule has 9 aromatic rings. The van der Waals surface area contributed by atoms with Crippen molar-refractivity contribution < 1.29 is 35.1 Å². The number of hydrogen-bond donors (Lipinski definition) is 5. The summed E-state index contributed by atoms with van der Waals surface area (Å²) in [7, 11) is 8.91. The van der Waals surface area contributed by atoms with Crippen molar-refractivity contribution in [1.82, 2.24) is 0 Å². The number of nitrogens with zero attached hydrogens (tertiary/aromatic N) is 2.